The fraction of sp³-hybridized carbons (Fsp3) is 0.556. The lowest BCUT2D eigenvalue weighted by Gasteiger charge is -2.23. The normalized spacial score (nSPS) is 12.7. The second-order valence-electron chi connectivity index (χ2n) is 6.32. The molecule has 28 heavy (non-hydrogen) atoms. The first-order valence-corrected chi connectivity index (χ1v) is 10.7. The van der Waals surface area contributed by atoms with Crippen LogP contribution in [0.15, 0.2) is 30.3 Å². The van der Waals surface area contributed by atoms with Gasteiger partial charge in [0.1, 0.15) is 11.8 Å². The maximum absolute atomic E-state index is 12.6. The average molecular weight is 411 g/mol. The highest BCUT2D eigenvalue weighted by molar-refractivity contribution is 7.98. The van der Waals surface area contributed by atoms with Crippen molar-refractivity contribution in [2.75, 3.05) is 25.2 Å². The van der Waals surface area contributed by atoms with E-state index in [4.69, 9.17) is 10.5 Å². The van der Waals surface area contributed by atoms with Crippen LogP contribution in [0.5, 0.6) is 5.75 Å². The number of carbonyl (C=O) groups excluding carboxylic acids is 2. The van der Waals surface area contributed by atoms with Gasteiger partial charge in [0.15, 0.2) is 6.61 Å². The maximum Gasteiger partial charge on any atom is 0.475 e. The topological polar surface area (TPSA) is 134 Å². The van der Waals surface area contributed by atoms with Crippen molar-refractivity contribution in [1.82, 2.24) is 10.6 Å². The van der Waals surface area contributed by atoms with E-state index < -0.39 is 30.9 Å². The molecule has 10 heteroatoms. The molecule has 0 saturated carbocycles. The number of rotatable bonds is 14. The van der Waals surface area contributed by atoms with E-state index >= 15 is 0 Å². The standard InChI is InChI=1S/C18H30BN3O5S/c1-28-12-10-16(19(25)26)22-18(24)15(9-5-6-11-20)21-17(23)13-27-14-7-3-2-4-8-14/h2-4,7-8,15-16,25-26H,5-6,9-13,20H2,1H3,(H,21,23)(H,22,24)/t15-,16-/m0/s1. The van der Waals surface area contributed by atoms with Crippen LogP contribution < -0.4 is 21.1 Å². The number of hydrogen-bond acceptors (Lipinski definition) is 7. The first kappa shape index (κ1) is 24.3. The lowest BCUT2D eigenvalue weighted by Crippen LogP contribution is -2.54. The van der Waals surface area contributed by atoms with Crippen LogP contribution in [0.25, 0.3) is 0 Å². The Morgan fingerprint density at radius 1 is 1.18 bits per heavy atom. The second-order valence-corrected chi connectivity index (χ2v) is 7.30. The predicted molar refractivity (Wildman–Crippen MR) is 112 cm³/mol. The van der Waals surface area contributed by atoms with E-state index in [1.165, 1.54) is 0 Å². The molecule has 6 N–H and O–H groups in total. The average Bonchev–Trinajstić information content (AvgIpc) is 2.69. The van der Waals surface area contributed by atoms with Crippen molar-refractivity contribution in [1.29, 1.82) is 0 Å². The van der Waals surface area contributed by atoms with Gasteiger partial charge in [-0.2, -0.15) is 11.8 Å². The van der Waals surface area contributed by atoms with Crippen LogP contribution >= 0.6 is 11.8 Å². The number of nitrogens with one attached hydrogen (secondary N) is 2. The first-order chi connectivity index (χ1) is 13.5. The van der Waals surface area contributed by atoms with Gasteiger partial charge in [0.2, 0.25) is 5.91 Å². The van der Waals surface area contributed by atoms with Crippen LogP contribution in [0.1, 0.15) is 25.7 Å². The summed E-state index contributed by atoms with van der Waals surface area (Å²) in [5.41, 5.74) is 5.50. The van der Waals surface area contributed by atoms with Crippen molar-refractivity contribution in [3.05, 3.63) is 30.3 Å². The van der Waals surface area contributed by atoms with Gasteiger partial charge in [-0.3, -0.25) is 9.59 Å². The number of unbranched alkanes of at least 4 members (excludes halogenated alkanes) is 1. The van der Waals surface area contributed by atoms with Gasteiger partial charge in [-0.25, -0.2) is 0 Å². The van der Waals surface area contributed by atoms with Crippen LogP contribution in [-0.4, -0.2) is 66.1 Å². The molecule has 0 saturated heterocycles. The minimum atomic E-state index is -1.67. The molecule has 2 atom stereocenters. The van der Waals surface area contributed by atoms with E-state index in [9.17, 15) is 19.6 Å². The Bertz CT molecular complexity index is 580. The molecule has 0 radical (unpaired) electrons. The van der Waals surface area contributed by atoms with Crippen LogP contribution in [0.4, 0.5) is 0 Å². The minimum Gasteiger partial charge on any atom is -0.484 e. The number of benzene rings is 1. The highest BCUT2D eigenvalue weighted by atomic mass is 32.2. The SMILES string of the molecule is CSCC[C@H](NC(=O)[C@H](CCCCN)NC(=O)COc1ccccc1)B(O)O. The van der Waals surface area contributed by atoms with E-state index in [2.05, 4.69) is 10.6 Å². The van der Waals surface area contributed by atoms with E-state index in [0.29, 0.717) is 37.3 Å². The molecule has 1 aromatic carbocycles. The summed E-state index contributed by atoms with van der Waals surface area (Å²) >= 11 is 1.54. The smallest absolute Gasteiger partial charge is 0.475 e. The molecular weight excluding hydrogens is 381 g/mol. The molecular formula is C18H30BN3O5S. The Morgan fingerprint density at radius 2 is 1.89 bits per heavy atom. The maximum atomic E-state index is 12.6. The van der Waals surface area contributed by atoms with Gasteiger partial charge in [0, 0.05) is 0 Å². The van der Waals surface area contributed by atoms with Gasteiger partial charge in [-0.1, -0.05) is 18.2 Å². The molecule has 1 rings (SSSR count). The van der Waals surface area contributed by atoms with Crippen molar-refractivity contribution >= 4 is 30.7 Å². The first-order valence-electron chi connectivity index (χ1n) is 9.30. The molecule has 0 unspecified atom stereocenters. The van der Waals surface area contributed by atoms with Crippen molar-refractivity contribution in [2.45, 2.75) is 37.7 Å². The number of nitrogens with two attached hydrogens (primary N) is 1. The summed E-state index contributed by atoms with van der Waals surface area (Å²) in [5.74, 6) is -0.458. The molecule has 1 aromatic rings. The van der Waals surface area contributed by atoms with Gasteiger partial charge in [-0.15, -0.1) is 0 Å². The number of thioether (sulfide) groups is 1. The number of amides is 2. The Hall–Kier alpha value is -1.75. The van der Waals surface area contributed by atoms with E-state index in [1.807, 2.05) is 12.3 Å². The second kappa shape index (κ2) is 14.3. The van der Waals surface area contributed by atoms with E-state index in [0.717, 1.165) is 6.42 Å². The molecule has 0 aliphatic heterocycles. The molecule has 0 bridgehead atoms. The number of ether oxygens (including phenoxy) is 1. The van der Waals surface area contributed by atoms with Crippen molar-refractivity contribution in [3.8, 4) is 5.75 Å². The third-order valence-corrected chi connectivity index (χ3v) is 4.68. The summed E-state index contributed by atoms with van der Waals surface area (Å²) in [7, 11) is -1.67. The Labute approximate surface area is 170 Å². The van der Waals surface area contributed by atoms with Gasteiger partial charge < -0.3 is 31.2 Å². The summed E-state index contributed by atoms with van der Waals surface area (Å²) in [4.78, 5) is 24.8. The highest BCUT2D eigenvalue weighted by Crippen LogP contribution is 2.08. The van der Waals surface area contributed by atoms with Gasteiger partial charge in [0.05, 0.1) is 5.94 Å². The quantitative estimate of drug-likeness (QED) is 0.214. The molecule has 8 nitrogen and oxygen atoms in total. The molecule has 0 heterocycles. The van der Waals surface area contributed by atoms with Gasteiger partial charge in [0.25, 0.3) is 5.91 Å². The van der Waals surface area contributed by atoms with E-state index in [1.54, 1.807) is 36.0 Å². The number of carbonyl (C=O) groups is 2. The molecule has 0 aliphatic carbocycles. The fourth-order valence-electron chi connectivity index (χ4n) is 2.49. The van der Waals surface area contributed by atoms with Crippen LogP contribution in [0, 0.1) is 0 Å². The summed E-state index contributed by atoms with van der Waals surface area (Å²) in [6, 6.07) is 8.11. The van der Waals surface area contributed by atoms with Crippen molar-refractivity contribution in [2.24, 2.45) is 5.73 Å². The largest absolute Gasteiger partial charge is 0.484 e. The monoisotopic (exact) mass is 411 g/mol. The lowest BCUT2D eigenvalue weighted by atomic mass is 9.77. The zero-order chi connectivity index (χ0) is 20.8. The van der Waals surface area contributed by atoms with Crippen LogP contribution in [0.2, 0.25) is 0 Å². The molecule has 0 aliphatic rings. The molecule has 0 aromatic heterocycles. The Morgan fingerprint density at radius 3 is 2.50 bits per heavy atom. The van der Waals surface area contributed by atoms with Crippen LogP contribution in [0.3, 0.4) is 0 Å². The molecule has 0 fully saturated rings. The fourth-order valence-corrected chi connectivity index (χ4v) is 2.98. The minimum absolute atomic E-state index is 0.219. The predicted octanol–water partition coefficient (Wildman–Crippen LogP) is -0.0709. The summed E-state index contributed by atoms with van der Waals surface area (Å²) < 4.78 is 5.40. The summed E-state index contributed by atoms with van der Waals surface area (Å²) in [5, 5.41) is 24.2. The third-order valence-electron chi connectivity index (χ3n) is 4.03. The number of hydrogen-bond donors (Lipinski definition) is 5. The zero-order valence-electron chi connectivity index (χ0n) is 16.2. The van der Waals surface area contributed by atoms with Gasteiger partial charge in [-0.05, 0) is 56.4 Å². The Kier molecular flexibility index (Phi) is 12.4. The van der Waals surface area contributed by atoms with Crippen molar-refractivity contribution < 1.29 is 24.4 Å². The van der Waals surface area contributed by atoms with E-state index in [-0.39, 0.29) is 6.61 Å². The van der Waals surface area contributed by atoms with Crippen LogP contribution in [-0.2, 0) is 9.59 Å². The third kappa shape index (κ3) is 9.98. The lowest BCUT2D eigenvalue weighted by molar-refractivity contribution is -0.130. The summed E-state index contributed by atoms with van der Waals surface area (Å²) in [6.07, 6.45) is 4.08. The zero-order valence-corrected chi connectivity index (χ0v) is 17.0. The van der Waals surface area contributed by atoms with Gasteiger partial charge >= 0.3 is 7.12 Å². The summed E-state index contributed by atoms with van der Waals surface area (Å²) in [6.45, 7) is 0.272. The highest BCUT2D eigenvalue weighted by Gasteiger charge is 2.28. The van der Waals surface area contributed by atoms with Crippen molar-refractivity contribution in [3.63, 3.8) is 0 Å². The molecule has 0 spiro atoms. The molecule has 156 valence electrons. The molecule has 2 amide bonds. The Balaban J connectivity index is 2.63. The number of para-hydroxylation sites is 1.